The molecule has 23 heavy (non-hydrogen) atoms. The van der Waals surface area contributed by atoms with Gasteiger partial charge in [0.2, 0.25) is 6.79 Å². The van der Waals surface area contributed by atoms with E-state index in [2.05, 4.69) is 4.99 Å². The summed E-state index contributed by atoms with van der Waals surface area (Å²) in [6, 6.07) is 12.6. The maximum Gasteiger partial charge on any atom is 0.231 e. The number of aliphatic hydroxyl groups is 1. The highest BCUT2D eigenvalue weighted by Gasteiger charge is 2.27. The molecule has 1 N–H and O–H groups in total. The van der Waals surface area contributed by atoms with E-state index in [-0.39, 0.29) is 23.9 Å². The summed E-state index contributed by atoms with van der Waals surface area (Å²) in [4.78, 5) is 16.5. The first kappa shape index (κ1) is 13.6. The van der Waals surface area contributed by atoms with Crippen LogP contribution >= 0.6 is 0 Å². The van der Waals surface area contributed by atoms with Crippen LogP contribution in [-0.2, 0) is 6.54 Å². The number of aliphatic hydroxyl groups excluding tert-OH is 1. The summed E-state index contributed by atoms with van der Waals surface area (Å²) in [5.74, 6) is 1.20. The molecule has 5 heteroatoms. The minimum Gasteiger partial charge on any atom is -0.506 e. The largest absolute Gasteiger partial charge is 0.506 e. The number of allylic oxidation sites excluding steroid dienone is 1. The number of ether oxygens (including phenoxy) is 2. The molecule has 0 saturated heterocycles. The maximum absolute atomic E-state index is 12.3. The molecule has 0 saturated carbocycles. The van der Waals surface area contributed by atoms with Crippen molar-refractivity contribution >= 4 is 17.8 Å². The van der Waals surface area contributed by atoms with Gasteiger partial charge in [-0.15, -0.1) is 0 Å². The van der Waals surface area contributed by atoms with Crippen LogP contribution in [-0.4, -0.2) is 23.9 Å². The maximum atomic E-state index is 12.3. The second kappa shape index (κ2) is 5.28. The van der Waals surface area contributed by atoms with Crippen molar-refractivity contribution < 1.29 is 19.4 Å². The minimum absolute atomic E-state index is 0.0139. The van der Waals surface area contributed by atoms with Crippen LogP contribution in [0.3, 0.4) is 0 Å². The summed E-state index contributed by atoms with van der Waals surface area (Å²) in [5.41, 5.74) is 2.23. The lowest BCUT2D eigenvalue weighted by atomic mass is 10.1. The van der Waals surface area contributed by atoms with Crippen LogP contribution in [0.25, 0.3) is 5.76 Å². The molecule has 0 amide bonds. The fourth-order valence-electron chi connectivity index (χ4n) is 2.69. The smallest absolute Gasteiger partial charge is 0.231 e. The van der Waals surface area contributed by atoms with E-state index < -0.39 is 0 Å². The Hall–Kier alpha value is -3.08. The molecule has 4 rings (SSSR count). The van der Waals surface area contributed by atoms with E-state index in [9.17, 15) is 9.90 Å². The number of fused-ring (bicyclic) bond motifs is 2. The molecular formula is C18H13NO4. The quantitative estimate of drug-likeness (QED) is 0.884. The summed E-state index contributed by atoms with van der Waals surface area (Å²) >= 11 is 0. The second-order valence-electron chi connectivity index (χ2n) is 5.29. The zero-order chi connectivity index (χ0) is 15.8. The van der Waals surface area contributed by atoms with Gasteiger partial charge in [0.15, 0.2) is 17.3 Å². The van der Waals surface area contributed by atoms with Gasteiger partial charge in [0, 0.05) is 17.3 Å². The van der Waals surface area contributed by atoms with Gasteiger partial charge >= 0.3 is 0 Å². The molecule has 0 spiro atoms. The molecule has 0 aromatic heterocycles. The Morgan fingerprint density at radius 1 is 1.09 bits per heavy atom. The molecule has 114 valence electrons. The zero-order valence-electron chi connectivity index (χ0n) is 12.2. The molecule has 1 aliphatic carbocycles. The monoisotopic (exact) mass is 307 g/mol. The highest BCUT2D eigenvalue weighted by Crippen LogP contribution is 2.33. The average Bonchev–Trinajstić information content (AvgIpc) is 3.13. The number of hydrogen-bond donors (Lipinski definition) is 1. The molecule has 0 radical (unpaired) electrons. The first-order chi connectivity index (χ1) is 11.2. The van der Waals surface area contributed by atoms with E-state index in [0.717, 1.165) is 11.3 Å². The Bertz CT molecular complexity index is 867. The van der Waals surface area contributed by atoms with Gasteiger partial charge in [-0.25, -0.2) is 0 Å². The third-order valence-corrected chi connectivity index (χ3v) is 3.86. The summed E-state index contributed by atoms with van der Waals surface area (Å²) in [6.45, 7) is 0.618. The van der Waals surface area contributed by atoms with Crippen molar-refractivity contribution in [3.8, 4) is 11.5 Å². The van der Waals surface area contributed by atoms with Crippen LogP contribution in [0.15, 0.2) is 53.0 Å². The molecule has 0 fully saturated rings. The highest BCUT2D eigenvalue weighted by atomic mass is 16.7. The van der Waals surface area contributed by atoms with Crippen LogP contribution in [0.1, 0.15) is 21.5 Å². The standard InChI is InChI=1S/C18H13NO4/c20-17-12-3-1-2-4-13(12)18(21)14(17)9-19-8-11-5-6-15-16(7-11)23-10-22-15/h1-7,9,20H,8,10H2. The normalized spacial score (nSPS) is 15.6. The third-order valence-electron chi connectivity index (χ3n) is 3.86. The van der Waals surface area contributed by atoms with Crippen LogP contribution < -0.4 is 9.47 Å². The van der Waals surface area contributed by atoms with Gasteiger partial charge < -0.3 is 14.6 Å². The number of aliphatic imine (C=N–C) groups is 1. The van der Waals surface area contributed by atoms with E-state index >= 15 is 0 Å². The van der Waals surface area contributed by atoms with Crippen molar-refractivity contribution in [2.45, 2.75) is 6.54 Å². The second-order valence-corrected chi connectivity index (χ2v) is 5.29. The molecule has 0 atom stereocenters. The van der Waals surface area contributed by atoms with Gasteiger partial charge in [0.05, 0.1) is 12.1 Å². The lowest BCUT2D eigenvalue weighted by Crippen LogP contribution is -2.00. The number of carbonyl (C=O) groups excluding carboxylic acids is 1. The Morgan fingerprint density at radius 3 is 2.70 bits per heavy atom. The Balaban J connectivity index is 1.54. The van der Waals surface area contributed by atoms with E-state index in [1.54, 1.807) is 24.3 Å². The van der Waals surface area contributed by atoms with Crippen LogP contribution in [0.2, 0.25) is 0 Å². The number of nitrogens with zero attached hydrogens (tertiary/aromatic N) is 1. The summed E-state index contributed by atoms with van der Waals surface area (Å²) in [6.07, 6.45) is 1.43. The van der Waals surface area contributed by atoms with Crippen molar-refractivity contribution in [2.24, 2.45) is 4.99 Å². The Kier molecular flexibility index (Phi) is 3.12. The number of ketones is 1. The fourth-order valence-corrected chi connectivity index (χ4v) is 2.69. The highest BCUT2D eigenvalue weighted by molar-refractivity contribution is 6.30. The average molecular weight is 307 g/mol. The van der Waals surface area contributed by atoms with Crippen LogP contribution in [0.4, 0.5) is 0 Å². The van der Waals surface area contributed by atoms with Crippen LogP contribution in [0, 0.1) is 0 Å². The molecule has 0 bridgehead atoms. The van der Waals surface area contributed by atoms with E-state index in [4.69, 9.17) is 9.47 Å². The van der Waals surface area contributed by atoms with Crippen molar-refractivity contribution in [1.82, 2.24) is 0 Å². The number of rotatable bonds is 3. The third kappa shape index (κ3) is 2.26. The molecule has 2 aliphatic rings. The Morgan fingerprint density at radius 2 is 1.87 bits per heavy atom. The minimum atomic E-state index is -0.201. The van der Waals surface area contributed by atoms with Gasteiger partial charge in [-0.05, 0) is 17.7 Å². The van der Waals surface area contributed by atoms with E-state index in [1.165, 1.54) is 6.21 Å². The van der Waals surface area contributed by atoms with Crippen molar-refractivity contribution in [1.29, 1.82) is 0 Å². The van der Waals surface area contributed by atoms with Crippen molar-refractivity contribution in [3.05, 3.63) is 64.7 Å². The molecular weight excluding hydrogens is 294 g/mol. The first-order valence-corrected chi connectivity index (χ1v) is 7.20. The molecule has 2 aromatic rings. The molecule has 1 heterocycles. The molecule has 5 nitrogen and oxygen atoms in total. The number of Topliss-reactive ketones (excluding diaryl/α,β-unsaturated/α-hetero) is 1. The van der Waals surface area contributed by atoms with Gasteiger partial charge in [-0.3, -0.25) is 9.79 Å². The summed E-state index contributed by atoms with van der Waals surface area (Å²) in [7, 11) is 0. The lowest BCUT2D eigenvalue weighted by Gasteiger charge is -1.99. The Labute approximate surface area is 132 Å². The predicted molar refractivity (Wildman–Crippen MR) is 85.1 cm³/mol. The number of benzene rings is 2. The predicted octanol–water partition coefficient (Wildman–Crippen LogP) is 3.15. The fraction of sp³-hybridized carbons (Fsp3) is 0.111. The number of carbonyl (C=O) groups is 1. The lowest BCUT2D eigenvalue weighted by molar-refractivity contribution is 0.104. The SMILES string of the molecule is O=C1C(C=NCc2ccc3c(c2)OCO3)=C(O)c2ccccc21. The van der Waals surface area contributed by atoms with E-state index in [0.29, 0.717) is 23.4 Å². The van der Waals surface area contributed by atoms with Gasteiger partial charge in [0.1, 0.15) is 5.76 Å². The summed E-state index contributed by atoms with van der Waals surface area (Å²) in [5, 5.41) is 10.2. The van der Waals surface area contributed by atoms with Crippen molar-refractivity contribution in [2.75, 3.05) is 6.79 Å². The molecule has 0 unspecified atom stereocenters. The van der Waals surface area contributed by atoms with Crippen LogP contribution in [0.5, 0.6) is 11.5 Å². The zero-order valence-corrected chi connectivity index (χ0v) is 12.2. The molecule has 1 aliphatic heterocycles. The van der Waals surface area contributed by atoms with Crippen molar-refractivity contribution in [3.63, 3.8) is 0 Å². The topological polar surface area (TPSA) is 68.1 Å². The van der Waals surface area contributed by atoms with Gasteiger partial charge in [0.25, 0.3) is 0 Å². The van der Waals surface area contributed by atoms with Gasteiger partial charge in [-0.1, -0.05) is 30.3 Å². The number of hydrogen-bond acceptors (Lipinski definition) is 5. The van der Waals surface area contributed by atoms with Gasteiger partial charge in [-0.2, -0.15) is 0 Å². The first-order valence-electron chi connectivity index (χ1n) is 7.20. The molecule has 2 aromatic carbocycles. The summed E-state index contributed by atoms with van der Waals surface area (Å²) < 4.78 is 10.6. The van der Waals surface area contributed by atoms with E-state index in [1.807, 2.05) is 18.2 Å².